The molecule has 8 heteroatoms. The van der Waals surface area contributed by atoms with Crippen LogP contribution in [0.4, 0.5) is 5.69 Å². The maximum absolute atomic E-state index is 12.8. The van der Waals surface area contributed by atoms with Crippen LogP contribution in [0.5, 0.6) is 5.75 Å². The van der Waals surface area contributed by atoms with E-state index in [1.165, 1.54) is 16.4 Å². The number of fused-ring (bicyclic) bond motifs is 1. The fraction of sp³-hybridized carbons (Fsp3) is 0.316. The minimum atomic E-state index is -3.61. The minimum Gasteiger partial charge on any atom is -0.480 e. The Morgan fingerprint density at radius 3 is 2.63 bits per heavy atom. The van der Waals surface area contributed by atoms with Crippen LogP contribution in [-0.2, 0) is 26.0 Å². The molecular formula is C19H20N2O5S. The summed E-state index contributed by atoms with van der Waals surface area (Å²) in [4.78, 5) is 12.7. The van der Waals surface area contributed by atoms with E-state index >= 15 is 0 Å². The van der Waals surface area contributed by atoms with Crippen molar-refractivity contribution in [3.63, 3.8) is 0 Å². The summed E-state index contributed by atoms with van der Waals surface area (Å²) in [7, 11) is -3.61. The maximum atomic E-state index is 12.8. The highest BCUT2D eigenvalue weighted by Crippen LogP contribution is 2.29. The summed E-state index contributed by atoms with van der Waals surface area (Å²) < 4.78 is 37.8. The lowest BCUT2D eigenvalue weighted by atomic mass is 10.1. The smallest absolute Gasteiger partial charge is 0.265 e. The number of hydrogen-bond donors (Lipinski definition) is 1. The zero-order valence-electron chi connectivity index (χ0n) is 14.6. The van der Waals surface area contributed by atoms with Gasteiger partial charge in [0.2, 0.25) is 10.0 Å². The van der Waals surface area contributed by atoms with Gasteiger partial charge in [-0.1, -0.05) is 24.3 Å². The summed E-state index contributed by atoms with van der Waals surface area (Å²) in [5, 5.41) is 2.76. The Labute approximate surface area is 157 Å². The molecule has 1 atom stereocenters. The van der Waals surface area contributed by atoms with Crippen molar-refractivity contribution in [3.05, 3.63) is 54.1 Å². The predicted octanol–water partition coefficient (Wildman–Crippen LogP) is 1.65. The Morgan fingerprint density at radius 1 is 1.07 bits per heavy atom. The van der Waals surface area contributed by atoms with Crippen molar-refractivity contribution < 1.29 is 22.7 Å². The van der Waals surface area contributed by atoms with Crippen LogP contribution in [0.3, 0.4) is 0 Å². The Morgan fingerprint density at radius 2 is 1.85 bits per heavy atom. The Kier molecular flexibility index (Phi) is 4.86. The third-order valence-corrected chi connectivity index (χ3v) is 6.54. The average Bonchev–Trinajstić information content (AvgIpc) is 3.13. The average molecular weight is 388 g/mol. The van der Waals surface area contributed by atoms with Crippen molar-refractivity contribution >= 4 is 21.6 Å². The molecule has 1 amide bonds. The predicted molar refractivity (Wildman–Crippen MR) is 99.2 cm³/mol. The van der Waals surface area contributed by atoms with Gasteiger partial charge in [0.1, 0.15) is 5.75 Å². The second-order valence-corrected chi connectivity index (χ2v) is 8.39. The number of rotatable bonds is 4. The number of nitrogens with zero attached hydrogens (tertiary/aromatic N) is 1. The standard InChI is InChI=1S/C19H20N2O5S/c22-19(18-12-14-4-1-2-7-17(14)26-18)20-15-5-3-6-16(13-15)27(23,24)21-8-10-25-11-9-21/h1-7,13,18H,8-12H2,(H,20,22)/t18-/m0/s1. The van der Waals surface area contributed by atoms with Crippen LogP contribution in [0.2, 0.25) is 0 Å². The fourth-order valence-electron chi connectivity index (χ4n) is 3.22. The molecule has 0 radical (unpaired) electrons. The molecule has 1 fully saturated rings. The van der Waals surface area contributed by atoms with Crippen LogP contribution < -0.4 is 10.1 Å². The lowest BCUT2D eigenvalue weighted by molar-refractivity contribution is -0.122. The van der Waals surface area contributed by atoms with E-state index in [9.17, 15) is 13.2 Å². The number of sulfonamides is 1. The molecule has 27 heavy (non-hydrogen) atoms. The number of benzene rings is 2. The molecule has 2 aromatic rings. The van der Waals surface area contributed by atoms with Gasteiger partial charge < -0.3 is 14.8 Å². The van der Waals surface area contributed by atoms with E-state index in [4.69, 9.17) is 9.47 Å². The summed E-state index contributed by atoms with van der Waals surface area (Å²) in [5.41, 5.74) is 1.41. The van der Waals surface area contributed by atoms with Gasteiger partial charge in [-0.2, -0.15) is 4.31 Å². The van der Waals surface area contributed by atoms with Gasteiger partial charge in [0.05, 0.1) is 18.1 Å². The summed E-state index contributed by atoms with van der Waals surface area (Å²) in [6, 6.07) is 13.8. The molecule has 142 valence electrons. The van der Waals surface area contributed by atoms with E-state index < -0.39 is 16.1 Å². The summed E-state index contributed by atoms with van der Waals surface area (Å²) in [6.07, 6.45) is -0.129. The highest BCUT2D eigenvalue weighted by Gasteiger charge is 2.30. The van der Waals surface area contributed by atoms with Crippen LogP contribution in [0.1, 0.15) is 5.56 Å². The summed E-state index contributed by atoms with van der Waals surface area (Å²) in [6.45, 7) is 1.42. The molecule has 1 saturated heterocycles. The molecule has 4 rings (SSSR count). The first-order valence-electron chi connectivity index (χ1n) is 8.77. The van der Waals surface area contributed by atoms with Crippen molar-refractivity contribution in [2.24, 2.45) is 0 Å². The van der Waals surface area contributed by atoms with Crippen molar-refractivity contribution in [2.45, 2.75) is 17.4 Å². The van der Waals surface area contributed by atoms with Gasteiger partial charge in [0, 0.05) is 25.2 Å². The molecule has 0 unspecified atom stereocenters. The van der Waals surface area contributed by atoms with Crippen LogP contribution in [0, 0.1) is 0 Å². The minimum absolute atomic E-state index is 0.151. The first kappa shape index (κ1) is 18.0. The number of ether oxygens (including phenoxy) is 2. The zero-order valence-corrected chi connectivity index (χ0v) is 15.4. The van der Waals surface area contributed by atoms with Gasteiger partial charge in [-0.05, 0) is 29.8 Å². The fourth-order valence-corrected chi connectivity index (χ4v) is 4.68. The number of amides is 1. The molecule has 0 aromatic heterocycles. The summed E-state index contributed by atoms with van der Waals surface area (Å²) in [5.74, 6) is 0.411. The first-order chi connectivity index (χ1) is 13.0. The van der Waals surface area contributed by atoms with E-state index in [1.54, 1.807) is 12.1 Å². The lowest BCUT2D eigenvalue weighted by Crippen LogP contribution is -2.40. The van der Waals surface area contributed by atoms with Gasteiger partial charge in [-0.15, -0.1) is 0 Å². The Hall–Kier alpha value is -2.42. The number of carbonyl (C=O) groups excluding carboxylic acids is 1. The van der Waals surface area contributed by atoms with Gasteiger partial charge in [-0.25, -0.2) is 8.42 Å². The van der Waals surface area contributed by atoms with E-state index in [0.717, 1.165) is 5.56 Å². The highest BCUT2D eigenvalue weighted by molar-refractivity contribution is 7.89. The molecule has 0 bridgehead atoms. The second-order valence-electron chi connectivity index (χ2n) is 6.45. The molecule has 0 aliphatic carbocycles. The molecule has 0 spiro atoms. The van der Waals surface area contributed by atoms with Gasteiger partial charge in [0.15, 0.2) is 6.10 Å². The molecule has 0 saturated carbocycles. The Bertz CT molecular complexity index is 929. The lowest BCUT2D eigenvalue weighted by Gasteiger charge is -2.26. The van der Waals surface area contributed by atoms with Crippen molar-refractivity contribution in [2.75, 3.05) is 31.6 Å². The van der Waals surface area contributed by atoms with Crippen LogP contribution in [-0.4, -0.2) is 51.0 Å². The molecule has 2 aliphatic heterocycles. The molecule has 2 aliphatic rings. The third-order valence-electron chi connectivity index (χ3n) is 4.65. The molecular weight excluding hydrogens is 368 g/mol. The number of para-hydroxylation sites is 1. The van der Waals surface area contributed by atoms with Crippen molar-refractivity contribution in [3.8, 4) is 5.75 Å². The van der Waals surface area contributed by atoms with Crippen molar-refractivity contribution in [1.82, 2.24) is 4.31 Å². The maximum Gasteiger partial charge on any atom is 0.265 e. The number of carbonyl (C=O) groups is 1. The summed E-state index contributed by atoms with van der Waals surface area (Å²) >= 11 is 0. The number of hydrogen-bond acceptors (Lipinski definition) is 5. The Balaban J connectivity index is 1.47. The zero-order chi connectivity index (χ0) is 18.9. The van der Waals surface area contributed by atoms with Crippen LogP contribution in [0.25, 0.3) is 0 Å². The van der Waals surface area contributed by atoms with Gasteiger partial charge in [-0.3, -0.25) is 4.79 Å². The molecule has 7 nitrogen and oxygen atoms in total. The molecule has 2 heterocycles. The van der Waals surface area contributed by atoms with Gasteiger partial charge >= 0.3 is 0 Å². The van der Waals surface area contributed by atoms with Crippen LogP contribution >= 0.6 is 0 Å². The van der Waals surface area contributed by atoms with E-state index in [1.807, 2.05) is 24.3 Å². The third kappa shape index (κ3) is 3.69. The molecule has 2 aromatic carbocycles. The van der Waals surface area contributed by atoms with E-state index in [-0.39, 0.29) is 10.8 Å². The number of anilines is 1. The topological polar surface area (TPSA) is 84.9 Å². The quantitative estimate of drug-likeness (QED) is 0.861. The first-order valence-corrected chi connectivity index (χ1v) is 10.2. The van der Waals surface area contributed by atoms with Crippen molar-refractivity contribution in [1.29, 1.82) is 0 Å². The van der Waals surface area contributed by atoms with Crippen LogP contribution in [0.15, 0.2) is 53.4 Å². The number of nitrogens with one attached hydrogen (secondary N) is 1. The second kappa shape index (κ2) is 7.30. The van der Waals surface area contributed by atoms with E-state index in [0.29, 0.717) is 44.2 Å². The largest absolute Gasteiger partial charge is 0.480 e. The molecule has 1 N–H and O–H groups in total. The normalized spacial score (nSPS) is 19.9. The van der Waals surface area contributed by atoms with Gasteiger partial charge in [0.25, 0.3) is 5.91 Å². The van der Waals surface area contributed by atoms with E-state index in [2.05, 4.69) is 5.32 Å². The monoisotopic (exact) mass is 388 g/mol. The highest BCUT2D eigenvalue weighted by atomic mass is 32.2. The number of morpholine rings is 1. The SMILES string of the molecule is O=C(Nc1cccc(S(=O)(=O)N2CCOCC2)c1)[C@@H]1Cc2ccccc2O1.